The summed E-state index contributed by atoms with van der Waals surface area (Å²) in [6.45, 7) is 1.34. The first-order chi connectivity index (χ1) is 15.0. The maximum Gasteiger partial charge on any atom is 0.337 e. The second-order valence-electron chi connectivity index (χ2n) is 7.46. The van der Waals surface area contributed by atoms with Crippen LogP contribution in [0.15, 0.2) is 66.2 Å². The summed E-state index contributed by atoms with van der Waals surface area (Å²) in [4.78, 5) is 41.6. The summed E-state index contributed by atoms with van der Waals surface area (Å²) in [7, 11) is 2.50. The highest BCUT2D eigenvalue weighted by Gasteiger charge is 2.67. The summed E-state index contributed by atoms with van der Waals surface area (Å²) in [5.41, 5.74) is 0.590. The third-order valence-electron chi connectivity index (χ3n) is 5.97. The number of ether oxygens (including phenoxy) is 2. The molecule has 0 aliphatic carbocycles. The maximum absolute atomic E-state index is 13.3. The summed E-state index contributed by atoms with van der Waals surface area (Å²) in [6, 6.07) is 18.6. The fourth-order valence-electron chi connectivity index (χ4n) is 4.67. The molecule has 2 aliphatic rings. The average molecular weight is 438 g/mol. The average Bonchev–Trinajstić information content (AvgIpc) is 3.36. The van der Waals surface area contributed by atoms with E-state index < -0.39 is 29.2 Å². The van der Waals surface area contributed by atoms with Crippen molar-refractivity contribution in [3.8, 4) is 0 Å². The van der Waals surface area contributed by atoms with Gasteiger partial charge in [0.25, 0.3) is 0 Å². The third-order valence-corrected chi connectivity index (χ3v) is 7.30. The highest BCUT2D eigenvalue weighted by atomic mass is 32.2. The van der Waals surface area contributed by atoms with Gasteiger partial charge in [0.2, 0.25) is 0 Å². The number of benzene rings is 2. The summed E-state index contributed by atoms with van der Waals surface area (Å²) < 4.78 is 10.2. The molecule has 31 heavy (non-hydrogen) atoms. The van der Waals surface area contributed by atoms with Gasteiger partial charge in [0.05, 0.1) is 31.5 Å². The van der Waals surface area contributed by atoms with E-state index >= 15 is 0 Å². The molecule has 1 fully saturated rings. The summed E-state index contributed by atoms with van der Waals surface area (Å²) >= 11 is 1.63. The number of hydrogen-bond donors (Lipinski definition) is 0. The number of thioether (sulfide) groups is 1. The van der Waals surface area contributed by atoms with E-state index in [0.29, 0.717) is 11.4 Å². The largest absolute Gasteiger partial charge is 0.468 e. The minimum Gasteiger partial charge on any atom is -0.468 e. The first-order valence-electron chi connectivity index (χ1n) is 9.91. The van der Waals surface area contributed by atoms with E-state index in [2.05, 4.69) is 0 Å². The highest BCUT2D eigenvalue weighted by molar-refractivity contribution is 7.99. The van der Waals surface area contributed by atoms with E-state index in [4.69, 9.17) is 9.47 Å². The molecule has 2 aliphatic heterocycles. The number of ketones is 1. The van der Waals surface area contributed by atoms with Crippen LogP contribution in [0.25, 0.3) is 5.70 Å². The molecule has 7 heteroatoms. The fourth-order valence-corrected chi connectivity index (χ4v) is 6.21. The van der Waals surface area contributed by atoms with Crippen LogP contribution in [0.5, 0.6) is 0 Å². The number of carbonyl (C=O) groups is 3. The number of rotatable bonds is 5. The smallest absolute Gasteiger partial charge is 0.337 e. The summed E-state index contributed by atoms with van der Waals surface area (Å²) in [5.74, 6) is -1.40. The monoisotopic (exact) mass is 437 g/mol. The molecule has 2 aromatic rings. The van der Waals surface area contributed by atoms with E-state index in [0.717, 1.165) is 11.1 Å². The Balaban J connectivity index is 2.05. The lowest BCUT2D eigenvalue weighted by Gasteiger charge is -2.34. The zero-order valence-corrected chi connectivity index (χ0v) is 18.3. The lowest BCUT2D eigenvalue weighted by Crippen LogP contribution is -2.52. The van der Waals surface area contributed by atoms with Gasteiger partial charge >= 0.3 is 11.9 Å². The quantitative estimate of drug-likeness (QED) is 0.524. The second kappa shape index (κ2) is 8.23. The van der Waals surface area contributed by atoms with Crippen LogP contribution >= 0.6 is 11.8 Å². The van der Waals surface area contributed by atoms with Crippen LogP contribution in [0.3, 0.4) is 0 Å². The molecule has 0 amide bonds. The van der Waals surface area contributed by atoms with Crippen LogP contribution in [0, 0.1) is 5.41 Å². The molecule has 0 bridgehead atoms. The van der Waals surface area contributed by atoms with Crippen molar-refractivity contribution in [1.29, 1.82) is 0 Å². The van der Waals surface area contributed by atoms with Crippen LogP contribution < -0.4 is 0 Å². The Labute approximate surface area is 185 Å². The van der Waals surface area contributed by atoms with Gasteiger partial charge in [-0.15, -0.1) is 11.8 Å². The molecule has 2 heterocycles. The minimum atomic E-state index is -1.76. The molecule has 1 unspecified atom stereocenters. The van der Waals surface area contributed by atoms with Crippen LogP contribution in [-0.2, 0) is 23.9 Å². The van der Waals surface area contributed by atoms with Crippen molar-refractivity contribution in [2.45, 2.75) is 18.3 Å². The predicted octanol–water partition coefficient (Wildman–Crippen LogP) is 3.45. The highest BCUT2D eigenvalue weighted by Crippen LogP contribution is 2.59. The Morgan fingerprint density at radius 3 is 2.13 bits per heavy atom. The van der Waals surface area contributed by atoms with Crippen molar-refractivity contribution in [2.24, 2.45) is 5.41 Å². The van der Waals surface area contributed by atoms with Gasteiger partial charge in [0.15, 0.2) is 11.2 Å². The van der Waals surface area contributed by atoms with Gasteiger partial charge in [0, 0.05) is 5.75 Å². The molecule has 6 nitrogen and oxygen atoms in total. The number of hydrogen-bond acceptors (Lipinski definition) is 7. The number of nitrogens with zero attached hydrogens (tertiary/aromatic N) is 1. The van der Waals surface area contributed by atoms with Crippen LogP contribution in [0.1, 0.15) is 23.4 Å². The molecule has 1 saturated heterocycles. The van der Waals surface area contributed by atoms with Crippen LogP contribution in [0.2, 0.25) is 0 Å². The van der Waals surface area contributed by atoms with Crippen molar-refractivity contribution < 1.29 is 23.9 Å². The molecule has 0 radical (unpaired) electrons. The molecule has 0 saturated carbocycles. The fraction of sp³-hybridized carbons (Fsp3) is 0.292. The molecular formula is C24H23NO5S. The number of methoxy groups -OCH3 is 2. The third kappa shape index (κ3) is 3.07. The zero-order valence-electron chi connectivity index (χ0n) is 17.5. The number of Topliss-reactive ketones (excluding diaryl/α,β-unsaturated/α-hetero) is 1. The second-order valence-corrected chi connectivity index (χ2v) is 8.57. The molecule has 4 rings (SSSR count). The Kier molecular flexibility index (Phi) is 5.62. The molecule has 3 atom stereocenters. The van der Waals surface area contributed by atoms with Crippen molar-refractivity contribution in [1.82, 2.24) is 4.90 Å². The lowest BCUT2D eigenvalue weighted by molar-refractivity contribution is -0.159. The number of carbonyl (C=O) groups excluding carboxylic acids is 3. The van der Waals surface area contributed by atoms with Gasteiger partial charge in [-0.1, -0.05) is 60.7 Å². The van der Waals surface area contributed by atoms with E-state index in [1.54, 1.807) is 11.8 Å². The summed E-state index contributed by atoms with van der Waals surface area (Å²) in [6.07, 6.45) is 0. The van der Waals surface area contributed by atoms with Crippen molar-refractivity contribution in [3.63, 3.8) is 0 Å². The van der Waals surface area contributed by atoms with Gasteiger partial charge in [-0.25, -0.2) is 4.79 Å². The predicted molar refractivity (Wildman–Crippen MR) is 118 cm³/mol. The van der Waals surface area contributed by atoms with Crippen molar-refractivity contribution in [3.05, 3.63) is 77.4 Å². The molecule has 0 N–H and O–H groups in total. The van der Waals surface area contributed by atoms with E-state index in [-0.39, 0.29) is 10.9 Å². The van der Waals surface area contributed by atoms with Gasteiger partial charge in [-0.05, 0) is 18.1 Å². The number of esters is 2. The molecule has 0 spiro atoms. The Morgan fingerprint density at radius 1 is 0.968 bits per heavy atom. The Bertz CT molecular complexity index is 1050. The van der Waals surface area contributed by atoms with Gasteiger partial charge in [-0.2, -0.15) is 0 Å². The minimum absolute atomic E-state index is 0.0479. The van der Waals surface area contributed by atoms with Gasteiger partial charge in [-0.3, -0.25) is 9.59 Å². The molecule has 0 aromatic heterocycles. The zero-order chi connectivity index (χ0) is 22.2. The Hall–Kier alpha value is -3.06. The number of fused-ring (bicyclic) bond motifs is 1. The first kappa shape index (κ1) is 21.2. The first-order valence-corrected chi connectivity index (χ1v) is 11.0. The van der Waals surface area contributed by atoms with Gasteiger partial charge < -0.3 is 14.4 Å². The molecule has 160 valence electrons. The van der Waals surface area contributed by atoms with Crippen molar-refractivity contribution >= 4 is 35.2 Å². The van der Waals surface area contributed by atoms with E-state index in [1.807, 2.05) is 65.6 Å². The van der Waals surface area contributed by atoms with Crippen LogP contribution in [0.4, 0.5) is 0 Å². The maximum atomic E-state index is 13.3. The van der Waals surface area contributed by atoms with Crippen molar-refractivity contribution in [2.75, 3.05) is 20.0 Å². The van der Waals surface area contributed by atoms with Crippen LogP contribution in [-0.4, -0.2) is 48.6 Å². The van der Waals surface area contributed by atoms with E-state index in [1.165, 1.54) is 21.1 Å². The van der Waals surface area contributed by atoms with E-state index in [9.17, 15) is 14.4 Å². The topological polar surface area (TPSA) is 72.9 Å². The molecular weight excluding hydrogens is 414 g/mol. The molecule has 2 aromatic carbocycles. The lowest BCUT2D eigenvalue weighted by atomic mass is 9.72. The SMILES string of the molecule is COC(=O)C1=C(c2ccccc2)N2C(CS[C@@H]2c2ccccc2)[C@@]1(C(C)=O)C(=O)OC. The van der Waals surface area contributed by atoms with Gasteiger partial charge in [0.1, 0.15) is 5.37 Å². The Morgan fingerprint density at radius 2 is 1.58 bits per heavy atom. The standard InChI is InChI=1S/C24H23NO5S/c1-15(26)24(23(28)30-3)18-14-31-21(17-12-8-5-9-13-17)25(18)20(19(24)22(27)29-2)16-10-6-4-7-11-16/h4-13,18,21H,14H2,1-3H3/t18?,21-,24-/m1/s1. The normalized spacial score (nSPS) is 24.7. The summed E-state index contributed by atoms with van der Waals surface area (Å²) in [5, 5.41) is -0.174.